The molecule has 0 bridgehead atoms. The third kappa shape index (κ3) is 13.0. The Morgan fingerprint density at radius 1 is 1.03 bits per heavy atom. The summed E-state index contributed by atoms with van der Waals surface area (Å²) in [5.74, 6) is 0.712. The van der Waals surface area contributed by atoms with Gasteiger partial charge in [0.25, 0.3) is 0 Å². The Labute approximate surface area is 181 Å². The Morgan fingerprint density at radius 3 is 2.40 bits per heavy atom. The van der Waals surface area contributed by atoms with Crippen LogP contribution in [0, 0.1) is 0 Å². The SMILES string of the molecule is C=CCOCC(COc1ccc(CCCCCCCC)cc1)OCOS(=O)(=O)OC. The van der Waals surface area contributed by atoms with Gasteiger partial charge in [0.2, 0.25) is 0 Å². The molecule has 172 valence electrons. The van der Waals surface area contributed by atoms with E-state index >= 15 is 0 Å². The van der Waals surface area contributed by atoms with Crippen molar-refractivity contribution in [2.75, 3.05) is 33.7 Å². The molecule has 7 nitrogen and oxygen atoms in total. The molecular formula is C22H36O7S. The number of aryl methyl sites for hydroxylation is 1. The lowest BCUT2D eigenvalue weighted by Crippen LogP contribution is -2.29. The van der Waals surface area contributed by atoms with Crippen LogP contribution < -0.4 is 4.74 Å². The fourth-order valence-corrected chi connectivity index (χ4v) is 2.98. The fourth-order valence-electron chi connectivity index (χ4n) is 2.71. The largest absolute Gasteiger partial charge is 0.491 e. The zero-order valence-electron chi connectivity index (χ0n) is 18.2. The van der Waals surface area contributed by atoms with E-state index in [1.165, 1.54) is 44.1 Å². The zero-order valence-corrected chi connectivity index (χ0v) is 19.0. The molecule has 0 radical (unpaired) electrons. The lowest BCUT2D eigenvalue weighted by molar-refractivity contribution is -0.0836. The van der Waals surface area contributed by atoms with Crippen LogP contribution in [-0.2, 0) is 34.7 Å². The maximum absolute atomic E-state index is 11.2. The summed E-state index contributed by atoms with van der Waals surface area (Å²) in [5.41, 5.74) is 1.29. The lowest BCUT2D eigenvalue weighted by Gasteiger charge is -2.18. The first-order valence-electron chi connectivity index (χ1n) is 10.5. The van der Waals surface area contributed by atoms with Gasteiger partial charge in [0, 0.05) is 0 Å². The molecule has 0 spiro atoms. The third-order valence-electron chi connectivity index (χ3n) is 4.42. The fraction of sp³-hybridized carbons (Fsp3) is 0.636. The van der Waals surface area contributed by atoms with Crippen LogP contribution in [0.3, 0.4) is 0 Å². The summed E-state index contributed by atoms with van der Waals surface area (Å²) in [7, 11) is -3.04. The molecule has 1 aromatic carbocycles. The Kier molecular flexibility index (Phi) is 14.4. The van der Waals surface area contributed by atoms with Crippen LogP contribution in [0.4, 0.5) is 0 Å². The summed E-state index contributed by atoms with van der Waals surface area (Å²) in [6.07, 6.45) is 9.86. The van der Waals surface area contributed by atoms with Gasteiger partial charge in [-0.3, -0.25) is 4.18 Å². The highest BCUT2D eigenvalue weighted by molar-refractivity contribution is 7.81. The zero-order chi connectivity index (χ0) is 22.1. The number of ether oxygens (including phenoxy) is 3. The second-order valence-corrected chi connectivity index (χ2v) is 8.28. The van der Waals surface area contributed by atoms with E-state index in [1.807, 2.05) is 12.1 Å². The van der Waals surface area contributed by atoms with E-state index in [9.17, 15) is 8.42 Å². The third-order valence-corrected chi connectivity index (χ3v) is 5.21. The van der Waals surface area contributed by atoms with Crippen molar-refractivity contribution >= 4 is 10.4 Å². The Hall–Kier alpha value is -1.45. The summed E-state index contributed by atoms with van der Waals surface area (Å²) in [4.78, 5) is 0. The van der Waals surface area contributed by atoms with Gasteiger partial charge in [0.05, 0.1) is 20.3 Å². The topological polar surface area (TPSA) is 80.3 Å². The molecule has 0 aliphatic rings. The maximum atomic E-state index is 11.2. The monoisotopic (exact) mass is 444 g/mol. The normalized spacial score (nSPS) is 12.6. The van der Waals surface area contributed by atoms with Gasteiger partial charge in [-0.2, -0.15) is 8.42 Å². The molecule has 0 aromatic heterocycles. The van der Waals surface area contributed by atoms with E-state index in [-0.39, 0.29) is 13.2 Å². The minimum absolute atomic E-state index is 0.185. The van der Waals surface area contributed by atoms with Crippen molar-refractivity contribution in [3.05, 3.63) is 42.5 Å². The maximum Gasteiger partial charge on any atom is 0.401 e. The molecule has 0 N–H and O–H groups in total. The van der Waals surface area contributed by atoms with Gasteiger partial charge in [-0.25, -0.2) is 4.18 Å². The molecule has 1 unspecified atom stereocenters. The van der Waals surface area contributed by atoms with Gasteiger partial charge in [-0.15, -0.1) is 6.58 Å². The molecule has 0 amide bonds. The first-order valence-corrected chi connectivity index (χ1v) is 11.8. The quantitative estimate of drug-likeness (QED) is 0.177. The second-order valence-electron chi connectivity index (χ2n) is 6.90. The highest BCUT2D eigenvalue weighted by Crippen LogP contribution is 2.16. The predicted octanol–water partition coefficient (Wildman–Crippen LogP) is 4.42. The van der Waals surface area contributed by atoms with E-state index in [1.54, 1.807) is 6.08 Å². The minimum Gasteiger partial charge on any atom is -0.491 e. The molecule has 0 aliphatic heterocycles. The smallest absolute Gasteiger partial charge is 0.401 e. The molecular weight excluding hydrogens is 408 g/mol. The van der Waals surface area contributed by atoms with Crippen LogP contribution in [0.5, 0.6) is 5.75 Å². The van der Waals surface area contributed by atoms with Crippen LogP contribution >= 0.6 is 0 Å². The number of rotatable bonds is 19. The van der Waals surface area contributed by atoms with Gasteiger partial charge in [0.1, 0.15) is 18.5 Å². The highest BCUT2D eigenvalue weighted by Gasteiger charge is 2.15. The second kappa shape index (κ2) is 16.3. The molecule has 0 fully saturated rings. The average Bonchev–Trinajstić information content (AvgIpc) is 2.75. The highest BCUT2D eigenvalue weighted by atomic mass is 32.3. The van der Waals surface area contributed by atoms with Crippen LogP contribution in [0.1, 0.15) is 51.0 Å². The molecule has 1 atom stereocenters. The number of hydrogen-bond donors (Lipinski definition) is 0. The summed E-state index contributed by atoms with van der Waals surface area (Å²) >= 11 is 0. The number of hydrogen-bond acceptors (Lipinski definition) is 7. The number of benzene rings is 1. The van der Waals surface area contributed by atoms with Crippen molar-refractivity contribution in [3.63, 3.8) is 0 Å². The van der Waals surface area contributed by atoms with Gasteiger partial charge >= 0.3 is 10.4 Å². The number of unbranched alkanes of at least 4 members (excludes halogenated alkanes) is 5. The van der Waals surface area contributed by atoms with Gasteiger partial charge < -0.3 is 14.2 Å². The first kappa shape index (κ1) is 26.6. The van der Waals surface area contributed by atoms with E-state index in [4.69, 9.17) is 14.2 Å². The summed E-state index contributed by atoms with van der Waals surface area (Å²) in [6, 6.07) is 8.00. The molecule has 1 aromatic rings. The van der Waals surface area contributed by atoms with Gasteiger partial charge in [-0.05, 0) is 30.5 Å². The summed E-state index contributed by atoms with van der Waals surface area (Å²) in [6.45, 7) is 6.07. The molecule has 0 heterocycles. The van der Waals surface area contributed by atoms with Crippen molar-refractivity contribution in [2.45, 2.75) is 58.0 Å². The van der Waals surface area contributed by atoms with Crippen molar-refractivity contribution in [1.82, 2.24) is 0 Å². The van der Waals surface area contributed by atoms with Crippen molar-refractivity contribution in [1.29, 1.82) is 0 Å². The van der Waals surface area contributed by atoms with Gasteiger partial charge in [-0.1, -0.05) is 57.2 Å². The van der Waals surface area contributed by atoms with E-state index in [0.717, 1.165) is 13.5 Å². The van der Waals surface area contributed by atoms with Gasteiger partial charge in [0.15, 0.2) is 6.79 Å². The Bertz CT molecular complexity index is 659. The Morgan fingerprint density at radius 2 is 1.73 bits per heavy atom. The molecule has 1 rings (SSSR count). The van der Waals surface area contributed by atoms with E-state index in [0.29, 0.717) is 12.4 Å². The van der Waals surface area contributed by atoms with Crippen LogP contribution in [0.2, 0.25) is 0 Å². The minimum atomic E-state index is -4.05. The predicted molar refractivity (Wildman–Crippen MR) is 117 cm³/mol. The molecule has 0 saturated carbocycles. The summed E-state index contributed by atoms with van der Waals surface area (Å²) in [5, 5.41) is 0. The Balaban J connectivity index is 2.40. The van der Waals surface area contributed by atoms with Crippen molar-refractivity contribution in [3.8, 4) is 5.75 Å². The van der Waals surface area contributed by atoms with Crippen molar-refractivity contribution < 1.29 is 31.0 Å². The van der Waals surface area contributed by atoms with Crippen LogP contribution in [-0.4, -0.2) is 48.2 Å². The van der Waals surface area contributed by atoms with Crippen LogP contribution in [0.25, 0.3) is 0 Å². The summed E-state index contributed by atoms with van der Waals surface area (Å²) < 4.78 is 47.7. The standard InChI is InChI=1S/C22H36O7S/c1-4-6-7-8-9-10-11-20-12-14-21(15-13-20)27-18-22(17-26-16-5-2)28-19-29-30(23,24)25-3/h5,12-15,22H,2,4,6-11,16-19H2,1,3H3. The molecule has 8 heteroatoms. The van der Waals surface area contributed by atoms with E-state index < -0.39 is 23.3 Å². The average molecular weight is 445 g/mol. The molecule has 0 saturated heterocycles. The molecule has 0 aliphatic carbocycles. The lowest BCUT2D eigenvalue weighted by atomic mass is 10.0. The van der Waals surface area contributed by atoms with Crippen LogP contribution in [0.15, 0.2) is 36.9 Å². The van der Waals surface area contributed by atoms with Crippen molar-refractivity contribution in [2.24, 2.45) is 0 Å². The van der Waals surface area contributed by atoms with E-state index in [2.05, 4.69) is 34.0 Å². The molecule has 30 heavy (non-hydrogen) atoms. The first-order chi connectivity index (χ1) is 14.5.